The summed E-state index contributed by atoms with van der Waals surface area (Å²) in [4.78, 5) is 17.5. The number of carbonyl (C=O) groups excluding carboxylic acids is 1. The standard InChI is InChI=1S/C29H32N2O4S/c1-5-36(33,34)26-16-12-23(13-17-26)19-24(32)18-22-10-14-25(15-11-22)35-29(3,4)20-31-21(2)30-27-8-6-7-9-28(27)31/h6-17H,5,18-20H2,1-4H3. The van der Waals surface area contributed by atoms with Gasteiger partial charge in [-0.3, -0.25) is 4.79 Å². The topological polar surface area (TPSA) is 78.3 Å². The number of fused-ring (bicyclic) bond motifs is 1. The molecule has 0 aliphatic rings. The smallest absolute Gasteiger partial charge is 0.178 e. The Morgan fingerprint density at radius 2 is 1.50 bits per heavy atom. The van der Waals surface area contributed by atoms with Crippen molar-refractivity contribution in [3.05, 3.63) is 89.7 Å². The molecule has 0 amide bonds. The number of ketones is 1. The average molecular weight is 505 g/mol. The van der Waals surface area contributed by atoms with Gasteiger partial charge < -0.3 is 9.30 Å². The van der Waals surface area contributed by atoms with Crippen LogP contribution < -0.4 is 4.74 Å². The third-order valence-electron chi connectivity index (χ3n) is 6.17. The Hall–Kier alpha value is -3.45. The van der Waals surface area contributed by atoms with E-state index in [1.54, 1.807) is 31.2 Å². The maximum absolute atomic E-state index is 12.6. The molecule has 1 aromatic heterocycles. The molecule has 0 spiro atoms. The van der Waals surface area contributed by atoms with Gasteiger partial charge in [-0.2, -0.15) is 0 Å². The van der Waals surface area contributed by atoms with Gasteiger partial charge in [0.05, 0.1) is 28.2 Å². The maximum Gasteiger partial charge on any atom is 0.178 e. The summed E-state index contributed by atoms with van der Waals surface area (Å²) < 4.78 is 32.4. The maximum atomic E-state index is 12.6. The molecule has 6 nitrogen and oxygen atoms in total. The van der Waals surface area contributed by atoms with E-state index >= 15 is 0 Å². The molecule has 0 atom stereocenters. The molecule has 0 aliphatic carbocycles. The SMILES string of the molecule is CCS(=O)(=O)c1ccc(CC(=O)Cc2ccc(OC(C)(C)Cn3c(C)nc4ccccc43)cc2)cc1. The van der Waals surface area contributed by atoms with E-state index in [-0.39, 0.29) is 22.9 Å². The molecule has 7 heteroatoms. The van der Waals surface area contributed by atoms with Crippen LogP contribution in [0, 0.1) is 6.92 Å². The molecule has 0 saturated carbocycles. The first-order chi connectivity index (χ1) is 17.1. The van der Waals surface area contributed by atoms with E-state index in [0.717, 1.165) is 33.7 Å². The molecule has 188 valence electrons. The lowest BCUT2D eigenvalue weighted by Gasteiger charge is -2.28. The lowest BCUT2D eigenvalue weighted by atomic mass is 10.0. The Bertz CT molecular complexity index is 1470. The number of aromatic nitrogens is 2. The largest absolute Gasteiger partial charge is 0.486 e. The van der Waals surface area contributed by atoms with Crippen LogP contribution in [0.25, 0.3) is 11.0 Å². The molecule has 4 rings (SSSR count). The van der Waals surface area contributed by atoms with Gasteiger partial charge in [0.15, 0.2) is 9.84 Å². The molecule has 0 radical (unpaired) electrons. The second-order valence-electron chi connectivity index (χ2n) is 9.68. The molecule has 0 unspecified atom stereocenters. The highest BCUT2D eigenvalue weighted by atomic mass is 32.2. The van der Waals surface area contributed by atoms with Gasteiger partial charge in [-0.1, -0.05) is 43.3 Å². The van der Waals surface area contributed by atoms with Gasteiger partial charge in [0.25, 0.3) is 0 Å². The molecule has 0 N–H and O–H groups in total. The van der Waals surface area contributed by atoms with Crippen LogP contribution in [0.15, 0.2) is 77.7 Å². The number of nitrogens with zero attached hydrogens (tertiary/aromatic N) is 2. The molecule has 3 aromatic carbocycles. The second kappa shape index (κ2) is 10.3. The fourth-order valence-corrected chi connectivity index (χ4v) is 5.19. The van der Waals surface area contributed by atoms with Gasteiger partial charge in [-0.15, -0.1) is 0 Å². The Kier molecular flexibility index (Phi) is 7.31. The molecule has 0 saturated heterocycles. The van der Waals surface area contributed by atoms with Crippen LogP contribution in [0.4, 0.5) is 0 Å². The number of sulfone groups is 1. The van der Waals surface area contributed by atoms with E-state index in [1.165, 1.54) is 0 Å². The number of para-hydroxylation sites is 2. The van der Waals surface area contributed by atoms with E-state index in [4.69, 9.17) is 4.74 Å². The van der Waals surface area contributed by atoms with Gasteiger partial charge in [0.1, 0.15) is 23.0 Å². The fraction of sp³-hybridized carbons (Fsp3) is 0.310. The van der Waals surface area contributed by atoms with Crippen LogP contribution in [0.2, 0.25) is 0 Å². The Morgan fingerprint density at radius 1 is 0.917 bits per heavy atom. The van der Waals surface area contributed by atoms with Crippen molar-refractivity contribution < 1.29 is 17.9 Å². The van der Waals surface area contributed by atoms with Crippen LogP contribution in [0.1, 0.15) is 37.7 Å². The number of carbonyl (C=O) groups is 1. The van der Waals surface area contributed by atoms with Crippen LogP contribution >= 0.6 is 0 Å². The van der Waals surface area contributed by atoms with Crippen molar-refractivity contribution in [1.29, 1.82) is 0 Å². The highest BCUT2D eigenvalue weighted by Crippen LogP contribution is 2.24. The Morgan fingerprint density at radius 3 is 2.11 bits per heavy atom. The summed E-state index contributed by atoms with van der Waals surface area (Å²) in [6.07, 6.45) is 0.564. The summed E-state index contributed by atoms with van der Waals surface area (Å²) in [5, 5.41) is 0. The molecule has 0 fully saturated rings. The Labute approximate surface area is 212 Å². The number of aryl methyl sites for hydroxylation is 1. The predicted octanol–water partition coefficient (Wildman–Crippen LogP) is 5.35. The average Bonchev–Trinajstić information content (AvgIpc) is 3.15. The van der Waals surface area contributed by atoms with Crippen LogP contribution in [-0.4, -0.2) is 35.1 Å². The summed E-state index contributed by atoms with van der Waals surface area (Å²) in [5.74, 6) is 1.81. The number of rotatable bonds is 10. The van der Waals surface area contributed by atoms with Gasteiger partial charge in [0.2, 0.25) is 0 Å². The first-order valence-electron chi connectivity index (χ1n) is 12.1. The molecule has 0 aliphatic heterocycles. The van der Waals surface area contributed by atoms with E-state index in [9.17, 15) is 13.2 Å². The predicted molar refractivity (Wildman–Crippen MR) is 142 cm³/mol. The molecule has 4 aromatic rings. The first kappa shape index (κ1) is 25.6. The number of ether oxygens (including phenoxy) is 1. The second-order valence-corrected chi connectivity index (χ2v) is 12.0. The third kappa shape index (κ3) is 6.02. The molecular formula is C29H32N2O4S. The minimum absolute atomic E-state index is 0.0578. The van der Waals surface area contributed by atoms with Crippen molar-refractivity contribution in [2.24, 2.45) is 0 Å². The van der Waals surface area contributed by atoms with E-state index in [1.807, 2.05) is 49.4 Å². The molecule has 36 heavy (non-hydrogen) atoms. The zero-order chi connectivity index (χ0) is 25.9. The monoisotopic (exact) mass is 504 g/mol. The van der Waals surface area contributed by atoms with Crippen molar-refractivity contribution in [2.75, 3.05) is 5.75 Å². The van der Waals surface area contributed by atoms with Crippen LogP contribution in [0.5, 0.6) is 5.75 Å². The quantitative estimate of drug-likeness (QED) is 0.291. The van der Waals surface area contributed by atoms with E-state index in [0.29, 0.717) is 13.0 Å². The molecular weight excluding hydrogens is 472 g/mol. The van der Waals surface area contributed by atoms with Crippen molar-refractivity contribution in [3.8, 4) is 5.75 Å². The number of benzene rings is 3. The summed E-state index contributed by atoms with van der Waals surface area (Å²) in [6, 6.07) is 22.3. The minimum atomic E-state index is -3.24. The lowest BCUT2D eigenvalue weighted by molar-refractivity contribution is -0.117. The number of imidazole rings is 1. The summed E-state index contributed by atoms with van der Waals surface area (Å²) in [6.45, 7) is 8.37. The zero-order valence-electron chi connectivity index (χ0n) is 21.2. The Balaban J connectivity index is 1.36. The van der Waals surface area contributed by atoms with E-state index in [2.05, 4.69) is 29.5 Å². The van der Waals surface area contributed by atoms with Crippen molar-refractivity contribution in [1.82, 2.24) is 9.55 Å². The number of hydrogen-bond acceptors (Lipinski definition) is 5. The van der Waals surface area contributed by atoms with Crippen molar-refractivity contribution >= 4 is 26.7 Å². The summed E-state index contributed by atoms with van der Waals surface area (Å²) >= 11 is 0. The van der Waals surface area contributed by atoms with Gasteiger partial charge in [-0.25, -0.2) is 13.4 Å². The van der Waals surface area contributed by atoms with E-state index < -0.39 is 15.4 Å². The van der Waals surface area contributed by atoms with Gasteiger partial charge in [-0.05, 0) is 68.3 Å². The normalized spacial score (nSPS) is 12.1. The zero-order valence-corrected chi connectivity index (χ0v) is 22.0. The summed E-state index contributed by atoms with van der Waals surface area (Å²) in [7, 11) is -3.24. The highest BCUT2D eigenvalue weighted by Gasteiger charge is 2.23. The number of Topliss-reactive ketones (excluding diaryl/α,β-unsaturated/α-hetero) is 1. The summed E-state index contributed by atoms with van der Waals surface area (Å²) in [5.41, 5.74) is 3.30. The highest BCUT2D eigenvalue weighted by molar-refractivity contribution is 7.91. The van der Waals surface area contributed by atoms with Crippen molar-refractivity contribution in [2.45, 2.75) is 57.6 Å². The van der Waals surface area contributed by atoms with Crippen LogP contribution in [0.3, 0.4) is 0 Å². The van der Waals surface area contributed by atoms with Crippen molar-refractivity contribution in [3.63, 3.8) is 0 Å². The van der Waals surface area contributed by atoms with Gasteiger partial charge in [0, 0.05) is 12.8 Å². The lowest BCUT2D eigenvalue weighted by Crippen LogP contribution is -2.34. The first-order valence-corrected chi connectivity index (χ1v) is 13.7. The van der Waals surface area contributed by atoms with Crippen LogP contribution in [-0.2, 0) is 34.0 Å². The minimum Gasteiger partial charge on any atom is -0.486 e. The molecule has 0 bridgehead atoms. The molecule has 1 heterocycles. The third-order valence-corrected chi connectivity index (χ3v) is 7.92. The number of hydrogen-bond donors (Lipinski definition) is 0. The van der Waals surface area contributed by atoms with Gasteiger partial charge >= 0.3 is 0 Å². The fourth-order valence-electron chi connectivity index (χ4n) is 4.30.